The van der Waals surface area contributed by atoms with E-state index in [9.17, 15) is 14.4 Å². The summed E-state index contributed by atoms with van der Waals surface area (Å²) in [6.45, 7) is 7.22. The van der Waals surface area contributed by atoms with Gasteiger partial charge in [0.2, 0.25) is 0 Å². The van der Waals surface area contributed by atoms with Crippen molar-refractivity contribution in [3.05, 3.63) is 72.3 Å². The number of benzene rings is 2. The van der Waals surface area contributed by atoms with Gasteiger partial charge in [0.1, 0.15) is 18.2 Å². The van der Waals surface area contributed by atoms with Crippen LogP contribution >= 0.6 is 0 Å². The van der Waals surface area contributed by atoms with Crippen molar-refractivity contribution < 1.29 is 38.1 Å². The Labute approximate surface area is 222 Å². The summed E-state index contributed by atoms with van der Waals surface area (Å²) in [4.78, 5) is 37.5. The Kier molecular flexibility index (Phi) is 8.48. The van der Waals surface area contributed by atoms with Crippen LogP contribution in [0.15, 0.2) is 61.2 Å². The fourth-order valence-corrected chi connectivity index (χ4v) is 4.57. The zero-order chi connectivity index (χ0) is 27.3. The van der Waals surface area contributed by atoms with Gasteiger partial charge in [-0.3, -0.25) is 0 Å². The predicted molar refractivity (Wildman–Crippen MR) is 138 cm³/mol. The van der Waals surface area contributed by atoms with Crippen LogP contribution in [0.5, 0.6) is 0 Å². The molecule has 2 unspecified atom stereocenters. The Morgan fingerprint density at radius 1 is 1.11 bits per heavy atom. The van der Waals surface area contributed by atoms with E-state index in [-0.39, 0.29) is 32.0 Å². The molecule has 1 amide bonds. The summed E-state index contributed by atoms with van der Waals surface area (Å²) >= 11 is 0. The number of amides is 1. The maximum absolute atomic E-state index is 13.0. The lowest BCUT2D eigenvalue weighted by molar-refractivity contribution is -0.158. The number of alkyl carbamates (subject to hydrolysis) is 1. The number of hydrogen-bond donors (Lipinski definition) is 1. The second-order valence-electron chi connectivity index (χ2n) is 9.74. The Balaban J connectivity index is 1.39. The van der Waals surface area contributed by atoms with Crippen LogP contribution in [0, 0.1) is 0 Å². The number of ether oxygens (including phenoxy) is 5. The Morgan fingerprint density at radius 3 is 2.34 bits per heavy atom. The minimum atomic E-state index is -1.03. The maximum atomic E-state index is 13.0. The van der Waals surface area contributed by atoms with Crippen molar-refractivity contribution in [1.82, 2.24) is 5.32 Å². The number of fused-ring (bicyclic) bond motifs is 3. The molecule has 1 aliphatic carbocycles. The van der Waals surface area contributed by atoms with Crippen molar-refractivity contribution >= 4 is 18.0 Å². The van der Waals surface area contributed by atoms with Crippen LogP contribution in [0.25, 0.3) is 11.1 Å². The van der Waals surface area contributed by atoms with Crippen molar-refractivity contribution in [1.29, 1.82) is 0 Å². The highest BCUT2D eigenvalue weighted by Crippen LogP contribution is 2.44. The lowest BCUT2D eigenvalue weighted by atomic mass is 9.98. The second-order valence-corrected chi connectivity index (χ2v) is 9.74. The van der Waals surface area contributed by atoms with Crippen LogP contribution < -0.4 is 5.32 Å². The predicted octanol–water partition coefficient (Wildman–Crippen LogP) is 4.10. The molecule has 1 heterocycles. The number of carbonyl (C=O) groups excluding carboxylic acids is 3. The van der Waals surface area contributed by atoms with Gasteiger partial charge in [-0.1, -0.05) is 55.1 Å². The van der Waals surface area contributed by atoms with E-state index < -0.39 is 42.1 Å². The maximum Gasteiger partial charge on any atom is 0.407 e. The van der Waals surface area contributed by atoms with Gasteiger partial charge in [0, 0.05) is 12.3 Å². The SMILES string of the molecule is C=CC(C)(C)OC(=O)C(CCC1OC[C@@H](C(=O)OC)O1)NC(=O)OCC1c2ccccc2-c2ccccc21. The zero-order valence-electron chi connectivity index (χ0n) is 21.8. The van der Waals surface area contributed by atoms with E-state index in [2.05, 4.69) is 28.8 Å². The van der Waals surface area contributed by atoms with Crippen molar-refractivity contribution in [2.24, 2.45) is 0 Å². The highest BCUT2D eigenvalue weighted by atomic mass is 16.7. The summed E-state index contributed by atoms with van der Waals surface area (Å²) in [5.74, 6) is -1.30. The third-order valence-corrected chi connectivity index (χ3v) is 6.68. The molecular formula is C29H33NO8. The minimum Gasteiger partial charge on any atom is -0.467 e. The van der Waals surface area contributed by atoms with Crippen LogP contribution in [0.1, 0.15) is 43.7 Å². The quantitative estimate of drug-likeness (QED) is 0.282. The number of esters is 2. The average Bonchev–Trinajstić information content (AvgIpc) is 3.52. The fraction of sp³-hybridized carbons (Fsp3) is 0.414. The lowest BCUT2D eigenvalue weighted by Crippen LogP contribution is -2.45. The van der Waals surface area contributed by atoms with Crippen LogP contribution in [0.2, 0.25) is 0 Å². The Hall–Kier alpha value is -3.69. The fourth-order valence-electron chi connectivity index (χ4n) is 4.57. The number of hydrogen-bond acceptors (Lipinski definition) is 8. The molecule has 0 saturated carbocycles. The molecule has 1 N–H and O–H groups in total. The van der Waals surface area contributed by atoms with Gasteiger partial charge < -0.3 is 29.0 Å². The summed E-state index contributed by atoms with van der Waals surface area (Å²) in [5.41, 5.74) is 3.47. The van der Waals surface area contributed by atoms with Crippen molar-refractivity contribution in [3.63, 3.8) is 0 Å². The second kappa shape index (κ2) is 11.8. The first-order valence-corrected chi connectivity index (χ1v) is 12.5. The van der Waals surface area contributed by atoms with Crippen LogP contribution in [0.3, 0.4) is 0 Å². The number of rotatable bonds is 10. The van der Waals surface area contributed by atoms with E-state index in [4.69, 9.17) is 18.9 Å². The van der Waals surface area contributed by atoms with Crippen molar-refractivity contribution in [2.75, 3.05) is 20.3 Å². The molecule has 2 aromatic carbocycles. The van der Waals surface area contributed by atoms with Gasteiger partial charge in [0.25, 0.3) is 0 Å². The normalized spacial score (nSPS) is 19.1. The highest BCUT2D eigenvalue weighted by Gasteiger charge is 2.35. The molecule has 0 aromatic heterocycles. The first kappa shape index (κ1) is 27.3. The Bertz CT molecular complexity index is 1150. The van der Waals surface area contributed by atoms with Crippen LogP contribution in [-0.4, -0.2) is 62.4 Å². The molecule has 2 aliphatic rings. The van der Waals surface area contributed by atoms with E-state index in [1.165, 1.54) is 13.2 Å². The van der Waals surface area contributed by atoms with Gasteiger partial charge in [-0.2, -0.15) is 0 Å². The highest BCUT2D eigenvalue weighted by molar-refractivity contribution is 5.82. The van der Waals surface area contributed by atoms with Crippen molar-refractivity contribution in [2.45, 2.75) is 56.6 Å². The molecule has 0 bridgehead atoms. The first-order valence-electron chi connectivity index (χ1n) is 12.5. The summed E-state index contributed by atoms with van der Waals surface area (Å²) in [6.07, 6.45) is -0.443. The van der Waals surface area contributed by atoms with E-state index in [1.807, 2.05) is 36.4 Å². The number of methoxy groups -OCH3 is 1. The van der Waals surface area contributed by atoms with Gasteiger partial charge in [-0.25, -0.2) is 14.4 Å². The minimum absolute atomic E-state index is 0.0513. The van der Waals surface area contributed by atoms with Crippen molar-refractivity contribution in [3.8, 4) is 11.1 Å². The third kappa shape index (κ3) is 6.23. The smallest absolute Gasteiger partial charge is 0.407 e. The third-order valence-electron chi connectivity index (χ3n) is 6.68. The summed E-state index contributed by atoms with van der Waals surface area (Å²) < 4.78 is 26.9. The molecule has 9 nitrogen and oxygen atoms in total. The van der Waals surface area contributed by atoms with E-state index >= 15 is 0 Å². The lowest BCUT2D eigenvalue weighted by Gasteiger charge is -2.25. The number of carbonyl (C=O) groups is 3. The van der Waals surface area contributed by atoms with Gasteiger partial charge >= 0.3 is 18.0 Å². The molecule has 0 radical (unpaired) electrons. The standard InChI is InChI=1S/C29H33NO8/c1-5-29(2,3)38-26(31)23(14-15-25-35-17-24(37-25)27(32)34-4)30-28(33)36-16-22-20-12-8-6-10-18(20)19-11-7-9-13-21(19)22/h5-13,22-25H,1,14-17H2,2-4H3,(H,30,33)/t23?,24-,25?/m0/s1. The molecule has 4 rings (SSSR count). The topological polar surface area (TPSA) is 109 Å². The Morgan fingerprint density at radius 2 is 1.74 bits per heavy atom. The van der Waals surface area contributed by atoms with E-state index in [0.717, 1.165) is 22.3 Å². The molecule has 2 aromatic rings. The van der Waals surface area contributed by atoms with E-state index in [1.54, 1.807) is 13.8 Å². The number of nitrogens with one attached hydrogen (secondary N) is 1. The van der Waals surface area contributed by atoms with E-state index in [0.29, 0.717) is 0 Å². The molecule has 1 aliphatic heterocycles. The summed E-state index contributed by atoms with van der Waals surface area (Å²) in [5, 5.41) is 2.63. The molecule has 38 heavy (non-hydrogen) atoms. The van der Waals surface area contributed by atoms with Crippen LogP contribution in [0.4, 0.5) is 4.79 Å². The molecule has 0 spiro atoms. The monoisotopic (exact) mass is 523 g/mol. The molecule has 3 atom stereocenters. The largest absolute Gasteiger partial charge is 0.467 e. The summed E-state index contributed by atoms with van der Waals surface area (Å²) in [7, 11) is 1.27. The van der Waals surface area contributed by atoms with Gasteiger partial charge in [0.15, 0.2) is 12.4 Å². The summed E-state index contributed by atoms with van der Waals surface area (Å²) in [6, 6.07) is 15.0. The molecule has 1 fully saturated rings. The first-order chi connectivity index (χ1) is 18.2. The molecule has 9 heteroatoms. The molecule has 1 saturated heterocycles. The molecule has 202 valence electrons. The average molecular weight is 524 g/mol. The van der Waals surface area contributed by atoms with Gasteiger partial charge in [0.05, 0.1) is 13.7 Å². The zero-order valence-corrected chi connectivity index (χ0v) is 21.8. The van der Waals surface area contributed by atoms with Crippen LogP contribution in [-0.2, 0) is 33.3 Å². The van der Waals surface area contributed by atoms with Gasteiger partial charge in [-0.15, -0.1) is 0 Å². The van der Waals surface area contributed by atoms with Gasteiger partial charge in [-0.05, 0) is 48.6 Å². The molecular weight excluding hydrogens is 490 g/mol.